The summed E-state index contributed by atoms with van der Waals surface area (Å²) in [5, 5.41) is 3.59. The predicted molar refractivity (Wildman–Crippen MR) is 63.4 cm³/mol. The van der Waals surface area contributed by atoms with Gasteiger partial charge in [-0.25, -0.2) is 0 Å². The second-order valence-electron chi connectivity index (χ2n) is 4.20. The number of nitrogens with one attached hydrogen (secondary N) is 1. The summed E-state index contributed by atoms with van der Waals surface area (Å²) in [4.78, 5) is 0. The number of methoxy groups -OCH3 is 1. The first kappa shape index (κ1) is 10.3. The van der Waals surface area contributed by atoms with Gasteiger partial charge in [-0.1, -0.05) is 19.1 Å². The van der Waals surface area contributed by atoms with Crippen LogP contribution in [-0.4, -0.2) is 13.2 Å². The Morgan fingerprint density at radius 1 is 1.40 bits per heavy atom. The van der Waals surface area contributed by atoms with Crippen molar-refractivity contribution in [1.29, 1.82) is 0 Å². The summed E-state index contributed by atoms with van der Waals surface area (Å²) in [6.45, 7) is 2.24. The highest BCUT2D eigenvalue weighted by molar-refractivity contribution is 5.56. The van der Waals surface area contributed by atoms with Crippen molar-refractivity contribution in [2.75, 3.05) is 12.4 Å². The lowest BCUT2D eigenvalue weighted by Crippen LogP contribution is -2.20. The molecule has 15 heavy (non-hydrogen) atoms. The van der Waals surface area contributed by atoms with E-state index in [4.69, 9.17) is 4.74 Å². The molecule has 1 fully saturated rings. The van der Waals surface area contributed by atoms with E-state index in [0.717, 1.165) is 17.4 Å². The maximum absolute atomic E-state index is 5.33. The summed E-state index contributed by atoms with van der Waals surface area (Å²) in [5.74, 6) is 1.82. The minimum Gasteiger partial charge on any atom is -0.495 e. The van der Waals surface area contributed by atoms with Crippen LogP contribution in [0.1, 0.15) is 26.2 Å². The van der Waals surface area contributed by atoms with Crippen LogP contribution in [0.15, 0.2) is 24.3 Å². The molecule has 0 saturated heterocycles. The van der Waals surface area contributed by atoms with Crippen LogP contribution in [0.2, 0.25) is 0 Å². The second-order valence-corrected chi connectivity index (χ2v) is 4.20. The Balaban J connectivity index is 2.07. The third-order valence-corrected chi connectivity index (χ3v) is 3.08. The first-order valence-electron chi connectivity index (χ1n) is 5.74. The van der Waals surface area contributed by atoms with Gasteiger partial charge >= 0.3 is 0 Å². The fourth-order valence-electron chi connectivity index (χ4n) is 2.02. The van der Waals surface area contributed by atoms with E-state index in [0.29, 0.717) is 6.04 Å². The van der Waals surface area contributed by atoms with E-state index >= 15 is 0 Å². The lowest BCUT2D eigenvalue weighted by molar-refractivity contribution is 0.415. The minimum absolute atomic E-state index is 0.612. The van der Waals surface area contributed by atoms with Crippen LogP contribution in [0, 0.1) is 5.92 Å². The SMILES string of the molecule is CCC(Nc1ccccc1OC)C1CC1. The second kappa shape index (κ2) is 4.56. The van der Waals surface area contributed by atoms with Gasteiger partial charge in [-0.3, -0.25) is 0 Å². The summed E-state index contributed by atoms with van der Waals surface area (Å²) in [7, 11) is 1.72. The molecule has 0 aromatic heterocycles. The molecule has 1 aliphatic carbocycles. The van der Waals surface area contributed by atoms with Crippen LogP contribution in [0.5, 0.6) is 5.75 Å². The monoisotopic (exact) mass is 205 g/mol. The number of para-hydroxylation sites is 2. The van der Waals surface area contributed by atoms with E-state index < -0.39 is 0 Å². The van der Waals surface area contributed by atoms with Gasteiger partial charge in [0.25, 0.3) is 0 Å². The summed E-state index contributed by atoms with van der Waals surface area (Å²) >= 11 is 0. The highest BCUT2D eigenvalue weighted by Gasteiger charge is 2.30. The molecule has 1 unspecified atom stereocenters. The van der Waals surface area contributed by atoms with Crippen LogP contribution in [0.25, 0.3) is 0 Å². The molecule has 2 heteroatoms. The first-order valence-corrected chi connectivity index (χ1v) is 5.74. The molecular weight excluding hydrogens is 186 g/mol. The van der Waals surface area contributed by atoms with Gasteiger partial charge < -0.3 is 10.1 Å². The van der Waals surface area contributed by atoms with Crippen molar-refractivity contribution < 1.29 is 4.74 Å². The van der Waals surface area contributed by atoms with E-state index in [1.54, 1.807) is 7.11 Å². The minimum atomic E-state index is 0.612. The predicted octanol–water partition coefficient (Wildman–Crippen LogP) is 3.30. The van der Waals surface area contributed by atoms with Gasteiger partial charge in [0.1, 0.15) is 5.75 Å². The van der Waals surface area contributed by atoms with Gasteiger partial charge in [0.15, 0.2) is 0 Å². The van der Waals surface area contributed by atoms with Crippen molar-refractivity contribution in [1.82, 2.24) is 0 Å². The Kier molecular flexibility index (Phi) is 3.14. The molecule has 2 nitrogen and oxygen atoms in total. The van der Waals surface area contributed by atoms with E-state index in [9.17, 15) is 0 Å². The number of benzene rings is 1. The Hall–Kier alpha value is -1.18. The molecule has 0 aliphatic heterocycles. The maximum atomic E-state index is 5.33. The van der Waals surface area contributed by atoms with Crippen LogP contribution >= 0.6 is 0 Å². The lowest BCUT2D eigenvalue weighted by Gasteiger charge is -2.19. The molecule has 1 aromatic rings. The molecular formula is C13H19NO. The van der Waals surface area contributed by atoms with Crippen LogP contribution < -0.4 is 10.1 Å². The molecule has 0 bridgehead atoms. The molecule has 1 saturated carbocycles. The fourth-order valence-corrected chi connectivity index (χ4v) is 2.02. The van der Waals surface area contributed by atoms with Crippen molar-refractivity contribution in [3.63, 3.8) is 0 Å². The van der Waals surface area contributed by atoms with Gasteiger partial charge in [0.2, 0.25) is 0 Å². The van der Waals surface area contributed by atoms with E-state index in [-0.39, 0.29) is 0 Å². The zero-order valence-electron chi connectivity index (χ0n) is 9.49. The van der Waals surface area contributed by atoms with E-state index in [1.807, 2.05) is 18.2 Å². The molecule has 1 aliphatic rings. The quantitative estimate of drug-likeness (QED) is 0.796. The average Bonchev–Trinajstić information content (AvgIpc) is 3.10. The molecule has 0 spiro atoms. The van der Waals surface area contributed by atoms with Gasteiger partial charge in [0.05, 0.1) is 12.8 Å². The number of anilines is 1. The summed E-state index contributed by atoms with van der Waals surface area (Å²) in [6.07, 6.45) is 3.93. The number of ether oxygens (including phenoxy) is 1. The molecule has 0 amide bonds. The summed E-state index contributed by atoms with van der Waals surface area (Å²) in [5.41, 5.74) is 1.12. The highest BCUT2D eigenvalue weighted by Crippen LogP contribution is 2.37. The molecule has 0 radical (unpaired) electrons. The van der Waals surface area contributed by atoms with E-state index in [2.05, 4.69) is 18.3 Å². The van der Waals surface area contributed by atoms with Gasteiger partial charge in [-0.15, -0.1) is 0 Å². The van der Waals surface area contributed by atoms with Gasteiger partial charge in [0, 0.05) is 6.04 Å². The van der Waals surface area contributed by atoms with Crippen LogP contribution in [0.3, 0.4) is 0 Å². The fraction of sp³-hybridized carbons (Fsp3) is 0.538. The largest absolute Gasteiger partial charge is 0.495 e. The van der Waals surface area contributed by atoms with Crippen LogP contribution in [-0.2, 0) is 0 Å². The highest BCUT2D eigenvalue weighted by atomic mass is 16.5. The topological polar surface area (TPSA) is 21.3 Å². The Labute approximate surface area is 91.6 Å². The smallest absolute Gasteiger partial charge is 0.141 e. The van der Waals surface area contributed by atoms with E-state index in [1.165, 1.54) is 19.3 Å². The zero-order chi connectivity index (χ0) is 10.7. The lowest BCUT2D eigenvalue weighted by atomic mass is 10.1. The standard InChI is InChI=1S/C13H19NO/c1-3-11(10-8-9-10)14-12-6-4-5-7-13(12)15-2/h4-7,10-11,14H,3,8-9H2,1-2H3. The maximum Gasteiger partial charge on any atom is 0.141 e. The molecule has 82 valence electrons. The van der Waals surface area contributed by atoms with Crippen molar-refractivity contribution in [3.05, 3.63) is 24.3 Å². The number of hydrogen-bond acceptors (Lipinski definition) is 2. The van der Waals surface area contributed by atoms with Gasteiger partial charge in [-0.05, 0) is 37.3 Å². The van der Waals surface area contributed by atoms with Crippen molar-refractivity contribution in [2.24, 2.45) is 5.92 Å². The Morgan fingerprint density at radius 3 is 2.73 bits per heavy atom. The summed E-state index contributed by atoms with van der Waals surface area (Å²) < 4.78 is 5.33. The number of hydrogen-bond donors (Lipinski definition) is 1. The molecule has 1 atom stereocenters. The third kappa shape index (κ3) is 2.44. The number of rotatable bonds is 5. The van der Waals surface area contributed by atoms with Crippen molar-refractivity contribution in [3.8, 4) is 5.75 Å². The average molecular weight is 205 g/mol. The molecule has 2 rings (SSSR count). The van der Waals surface area contributed by atoms with Crippen molar-refractivity contribution >= 4 is 5.69 Å². The van der Waals surface area contributed by atoms with Gasteiger partial charge in [-0.2, -0.15) is 0 Å². The third-order valence-electron chi connectivity index (χ3n) is 3.08. The zero-order valence-corrected chi connectivity index (χ0v) is 9.49. The molecule has 1 aromatic carbocycles. The first-order chi connectivity index (χ1) is 7.35. The van der Waals surface area contributed by atoms with Crippen LogP contribution in [0.4, 0.5) is 5.69 Å². The Bertz CT molecular complexity index is 320. The van der Waals surface area contributed by atoms with Crippen molar-refractivity contribution in [2.45, 2.75) is 32.2 Å². The molecule has 1 N–H and O–H groups in total. The molecule has 0 heterocycles. The normalized spacial score (nSPS) is 17.2. The Morgan fingerprint density at radius 2 is 2.13 bits per heavy atom. The summed E-state index contributed by atoms with van der Waals surface area (Å²) in [6, 6.07) is 8.75.